The van der Waals surface area contributed by atoms with Crippen molar-refractivity contribution in [3.05, 3.63) is 94.1 Å². The Kier molecular flexibility index (Phi) is 6.29. The molecule has 0 fully saturated rings. The van der Waals surface area contributed by atoms with Gasteiger partial charge in [-0.2, -0.15) is 0 Å². The summed E-state index contributed by atoms with van der Waals surface area (Å²) < 4.78 is 0. The van der Waals surface area contributed by atoms with Crippen molar-refractivity contribution in [1.29, 1.82) is 0 Å². The molecule has 0 atom stereocenters. The molecule has 3 aromatic rings. The van der Waals surface area contributed by atoms with Crippen molar-refractivity contribution in [3.8, 4) is 0 Å². The third-order valence-corrected chi connectivity index (χ3v) is 7.11. The molecule has 5 rings (SSSR count). The molecule has 1 aliphatic heterocycles. The number of aldehydes is 1. The van der Waals surface area contributed by atoms with Crippen LogP contribution in [0.5, 0.6) is 0 Å². The maximum absolute atomic E-state index is 11.6. The third kappa shape index (κ3) is 3.90. The Labute approximate surface area is 205 Å². The molecule has 3 aromatic carbocycles. The number of aryl methyl sites for hydroxylation is 1. The van der Waals surface area contributed by atoms with E-state index < -0.39 is 0 Å². The number of carbonyl (C=O) groups excluding carboxylic acids is 1. The smallest absolute Gasteiger partial charge is 0.150 e. The van der Waals surface area contributed by atoms with E-state index in [1.165, 1.54) is 33.5 Å². The summed E-state index contributed by atoms with van der Waals surface area (Å²) in [4.78, 5) is 14.0. The molecule has 0 aromatic heterocycles. The molecule has 176 valence electrons. The Bertz CT molecular complexity index is 1240. The van der Waals surface area contributed by atoms with Crippen molar-refractivity contribution in [3.63, 3.8) is 0 Å². The number of allylic oxidation sites excluding steroid dienone is 1. The van der Waals surface area contributed by atoms with Gasteiger partial charge in [0.15, 0.2) is 0 Å². The van der Waals surface area contributed by atoms with Crippen LogP contribution in [0.3, 0.4) is 0 Å². The van der Waals surface area contributed by atoms with Crippen LogP contribution in [0.25, 0.3) is 6.08 Å². The largest absolute Gasteiger partial charge is 0.310 e. The van der Waals surface area contributed by atoms with E-state index in [0.29, 0.717) is 0 Å². The molecular weight excluding hydrogens is 414 g/mol. The first kappa shape index (κ1) is 24.0. The molecule has 0 radical (unpaired) electrons. The molecule has 0 spiro atoms. The zero-order chi connectivity index (χ0) is 24.7. The minimum atomic E-state index is -0.210. The van der Waals surface area contributed by atoms with Crippen molar-refractivity contribution in [2.75, 3.05) is 4.90 Å². The predicted molar refractivity (Wildman–Crippen MR) is 146 cm³/mol. The SMILES string of the molecule is CC.CC(C)(C)c1ccc(N2c3ccc(C=O)cc3C(C)(C)c3c2ccc2c3C=CCC2)cc1. The highest BCUT2D eigenvalue weighted by molar-refractivity contribution is 5.90. The zero-order valence-electron chi connectivity index (χ0n) is 21.7. The van der Waals surface area contributed by atoms with Crippen molar-refractivity contribution in [1.82, 2.24) is 0 Å². The van der Waals surface area contributed by atoms with Crippen LogP contribution in [0.2, 0.25) is 0 Å². The van der Waals surface area contributed by atoms with Gasteiger partial charge in [0.05, 0.1) is 11.4 Å². The first-order valence-corrected chi connectivity index (χ1v) is 12.5. The van der Waals surface area contributed by atoms with Crippen molar-refractivity contribution < 1.29 is 4.79 Å². The number of hydrogen-bond acceptors (Lipinski definition) is 2. The van der Waals surface area contributed by atoms with Gasteiger partial charge in [-0.1, -0.05) is 78.8 Å². The average molecular weight is 452 g/mol. The third-order valence-electron chi connectivity index (χ3n) is 7.11. The molecule has 0 bridgehead atoms. The quantitative estimate of drug-likeness (QED) is 0.363. The second-order valence-corrected chi connectivity index (χ2v) is 10.6. The summed E-state index contributed by atoms with van der Waals surface area (Å²) >= 11 is 0. The molecule has 0 saturated carbocycles. The molecule has 1 aliphatic carbocycles. The molecule has 1 heterocycles. The number of carbonyl (C=O) groups is 1. The van der Waals surface area contributed by atoms with Gasteiger partial charge in [-0.15, -0.1) is 0 Å². The Morgan fingerprint density at radius 1 is 0.912 bits per heavy atom. The number of benzene rings is 3. The molecule has 34 heavy (non-hydrogen) atoms. The Morgan fingerprint density at radius 2 is 1.59 bits per heavy atom. The van der Waals surface area contributed by atoms with Gasteiger partial charge in [-0.3, -0.25) is 4.79 Å². The normalized spacial score (nSPS) is 15.4. The summed E-state index contributed by atoms with van der Waals surface area (Å²) in [6.45, 7) is 15.3. The Morgan fingerprint density at radius 3 is 2.24 bits per heavy atom. The van der Waals surface area contributed by atoms with Gasteiger partial charge in [-0.25, -0.2) is 0 Å². The van der Waals surface area contributed by atoms with E-state index in [1.807, 2.05) is 19.9 Å². The lowest BCUT2D eigenvalue weighted by Crippen LogP contribution is -2.32. The van der Waals surface area contributed by atoms with E-state index in [-0.39, 0.29) is 10.8 Å². The van der Waals surface area contributed by atoms with Crippen LogP contribution in [0.4, 0.5) is 17.1 Å². The van der Waals surface area contributed by atoms with Crippen molar-refractivity contribution >= 4 is 29.4 Å². The van der Waals surface area contributed by atoms with Crippen molar-refractivity contribution in [2.45, 2.75) is 72.1 Å². The number of rotatable bonds is 2. The van der Waals surface area contributed by atoms with Gasteiger partial charge in [0.25, 0.3) is 0 Å². The summed E-state index contributed by atoms with van der Waals surface area (Å²) in [5.74, 6) is 0. The van der Waals surface area contributed by atoms with Crippen LogP contribution in [-0.4, -0.2) is 6.29 Å². The van der Waals surface area contributed by atoms with Gasteiger partial charge in [0, 0.05) is 16.7 Å². The molecular formula is C32H37NO. The van der Waals surface area contributed by atoms with E-state index in [4.69, 9.17) is 0 Å². The molecule has 0 saturated heterocycles. The Balaban J connectivity index is 0.00000133. The minimum Gasteiger partial charge on any atom is -0.310 e. The molecule has 2 heteroatoms. The maximum Gasteiger partial charge on any atom is 0.150 e. The average Bonchev–Trinajstić information content (AvgIpc) is 2.84. The lowest BCUT2D eigenvalue weighted by atomic mass is 9.70. The van der Waals surface area contributed by atoms with Gasteiger partial charge < -0.3 is 4.90 Å². The lowest BCUT2D eigenvalue weighted by molar-refractivity contribution is 0.112. The molecule has 0 N–H and O–H groups in total. The maximum atomic E-state index is 11.6. The van der Waals surface area contributed by atoms with Gasteiger partial charge in [-0.05, 0) is 82.5 Å². The standard InChI is InChI=1S/C30H31NO.C2H6/c1-29(2,3)22-12-14-23(15-13-22)31-26-16-10-20(19-32)18-25(26)30(4,5)28-24-9-7-6-8-21(24)11-17-27(28)31;1-2/h7,9-19H,6,8H2,1-5H3;1-2H3. The van der Waals surface area contributed by atoms with E-state index in [1.54, 1.807) is 0 Å². The molecule has 0 amide bonds. The number of hydrogen-bond donors (Lipinski definition) is 0. The molecule has 2 nitrogen and oxygen atoms in total. The monoisotopic (exact) mass is 451 g/mol. The fraction of sp³-hybridized carbons (Fsp3) is 0.344. The van der Waals surface area contributed by atoms with E-state index in [2.05, 4.69) is 100 Å². The molecule has 0 unspecified atom stereocenters. The summed E-state index contributed by atoms with van der Waals surface area (Å²) in [6, 6.07) is 19.7. The zero-order valence-corrected chi connectivity index (χ0v) is 21.7. The van der Waals surface area contributed by atoms with E-state index in [0.717, 1.165) is 36.1 Å². The second-order valence-electron chi connectivity index (χ2n) is 10.6. The van der Waals surface area contributed by atoms with Crippen LogP contribution in [-0.2, 0) is 17.3 Å². The summed E-state index contributed by atoms with van der Waals surface area (Å²) in [5, 5.41) is 0. The van der Waals surface area contributed by atoms with Crippen LogP contribution in [0, 0.1) is 0 Å². The summed E-state index contributed by atoms with van der Waals surface area (Å²) in [7, 11) is 0. The summed E-state index contributed by atoms with van der Waals surface area (Å²) in [6.07, 6.45) is 7.72. The van der Waals surface area contributed by atoms with Gasteiger partial charge >= 0.3 is 0 Å². The van der Waals surface area contributed by atoms with E-state index >= 15 is 0 Å². The van der Waals surface area contributed by atoms with Gasteiger partial charge in [0.2, 0.25) is 0 Å². The van der Waals surface area contributed by atoms with Crippen LogP contribution >= 0.6 is 0 Å². The number of fused-ring (bicyclic) bond motifs is 4. The van der Waals surface area contributed by atoms with E-state index in [9.17, 15) is 4.79 Å². The minimum absolute atomic E-state index is 0.112. The van der Waals surface area contributed by atoms with Crippen LogP contribution in [0.15, 0.2) is 60.7 Å². The molecule has 2 aliphatic rings. The van der Waals surface area contributed by atoms with Crippen LogP contribution in [0.1, 0.15) is 93.1 Å². The lowest BCUT2D eigenvalue weighted by Gasteiger charge is -2.44. The highest BCUT2D eigenvalue weighted by Gasteiger charge is 2.39. The first-order valence-electron chi connectivity index (χ1n) is 12.5. The Hall–Kier alpha value is -3.13. The highest BCUT2D eigenvalue weighted by Crippen LogP contribution is 2.54. The number of anilines is 3. The second kappa shape index (κ2) is 8.91. The predicted octanol–water partition coefficient (Wildman–Crippen LogP) is 8.89. The highest BCUT2D eigenvalue weighted by atomic mass is 16.1. The first-order chi connectivity index (χ1) is 16.2. The fourth-order valence-electron chi connectivity index (χ4n) is 5.32. The van der Waals surface area contributed by atoms with Crippen molar-refractivity contribution in [2.24, 2.45) is 0 Å². The van der Waals surface area contributed by atoms with Gasteiger partial charge in [0.1, 0.15) is 6.29 Å². The van der Waals surface area contributed by atoms with Crippen LogP contribution < -0.4 is 4.90 Å². The summed E-state index contributed by atoms with van der Waals surface area (Å²) in [5.41, 5.74) is 10.8. The topological polar surface area (TPSA) is 20.3 Å². The fourth-order valence-corrected chi connectivity index (χ4v) is 5.32. The number of nitrogens with zero attached hydrogens (tertiary/aromatic N) is 1.